The molecule has 0 unspecified atom stereocenters. The Labute approximate surface area is 158 Å². The molecule has 1 amide bonds. The molecule has 5 nitrogen and oxygen atoms in total. The smallest absolute Gasteiger partial charge is 0.222 e. The minimum atomic E-state index is -0.444. The zero-order valence-electron chi connectivity index (χ0n) is 15.8. The van der Waals surface area contributed by atoms with E-state index in [0.29, 0.717) is 42.9 Å². The van der Waals surface area contributed by atoms with E-state index in [9.17, 15) is 14.0 Å². The van der Waals surface area contributed by atoms with E-state index in [-0.39, 0.29) is 17.4 Å². The largest absolute Gasteiger partial charge is 0.494 e. The minimum Gasteiger partial charge on any atom is -0.494 e. The number of nitrogens with zero attached hydrogens (tertiary/aromatic N) is 1. The van der Waals surface area contributed by atoms with Gasteiger partial charge in [0.1, 0.15) is 5.75 Å². The Morgan fingerprint density at radius 3 is 2.41 bits per heavy atom. The molecule has 144 valence electrons. The number of halogens is 1. The Morgan fingerprint density at radius 1 is 1.11 bits per heavy atom. The summed E-state index contributed by atoms with van der Waals surface area (Å²) in [7, 11) is 3.10. The highest BCUT2D eigenvalue weighted by atomic mass is 19.1. The van der Waals surface area contributed by atoms with Gasteiger partial charge in [0.05, 0.1) is 13.7 Å². The lowest BCUT2D eigenvalue weighted by molar-refractivity contribution is -0.130. The van der Waals surface area contributed by atoms with Gasteiger partial charge in [0.2, 0.25) is 5.91 Å². The van der Waals surface area contributed by atoms with Crippen molar-refractivity contribution in [3.05, 3.63) is 59.4 Å². The number of carbonyl (C=O) groups excluding carboxylic acids is 2. The molecule has 0 spiro atoms. The van der Waals surface area contributed by atoms with Gasteiger partial charge in [-0.25, -0.2) is 4.39 Å². The molecule has 0 heterocycles. The van der Waals surface area contributed by atoms with E-state index in [1.807, 2.05) is 0 Å². The first-order chi connectivity index (χ1) is 12.9. The number of amides is 1. The number of carbonyl (C=O) groups is 2. The first kappa shape index (κ1) is 20.4. The van der Waals surface area contributed by atoms with Gasteiger partial charge < -0.3 is 14.4 Å². The van der Waals surface area contributed by atoms with Crippen molar-refractivity contribution in [2.75, 3.05) is 20.8 Å². The second kappa shape index (κ2) is 9.71. The van der Waals surface area contributed by atoms with Crippen molar-refractivity contribution in [1.29, 1.82) is 0 Å². The summed E-state index contributed by atoms with van der Waals surface area (Å²) >= 11 is 0. The molecule has 0 bridgehead atoms. The fourth-order valence-electron chi connectivity index (χ4n) is 2.56. The van der Waals surface area contributed by atoms with Crippen LogP contribution < -0.4 is 9.47 Å². The van der Waals surface area contributed by atoms with Crippen molar-refractivity contribution in [2.45, 2.75) is 26.3 Å². The summed E-state index contributed by atoms with van der Waals surface area (Å²) < 4.78 is 24.2. The summed E-state index contributed by atoms with van der Waals surface area (Å²) in [6.07, 6.45) is 0.898. The molecule has 0 atom stereocenters. The van der Waals surface area contributed by atoms with E-state index in [4.69, 9.17) is 9.47 Å². The Bertz CT molecular complexity index is 789. The van der Waals surface area contributed by atoms with Crippen LogP contribution in [0.15, 0.2) is 42.5 Å². The van der Waals surface area contributed by atoms with Gasteiger partial charge in [-0.3, -0.25) is 9.59 Å². The number of Topliss-reactive ketones (excluding diaryl/α,β-unsaturated/α-hetero) is 1. The maximum Gasteiger partial charge on any atom is 0.222 e. The highest BCUT2D eigenvalue weighted by Gasteiger charge is 2.11. The molecule has 0 radical (unpaired) electrons. The van der Waals surface area contributed by atoms with Crippen LogP contribution in [0.25, 0.3) is 0 Å². The SMILES string of the molecule is COc1ccc(CN(C)C(=O)CCCOc2ccc(C(C)=O)cc2)cc1F. The summed E-state index contributed by atoms with van der Waals surface area (Å²) in [4.78, 5) is 25.0. The van der Waals surface area contributed by atoms with E-state index in [1.165, 1.54) is 20.1 Å². The quantitative estimate of drug-likeness (QED) is 0.495. The minimum absolute atomic E-state index is 0.00641. The summed E-state index contributed by atoms with van der Waals surface area (Å²) in [6.45, 7) is 2.24. The molecule has 0 aliphatic rings. The molecular formula is C21H24FNO4. The number of ketones is 1. The first-order valence-electron chi connectivity index (χ1n) is 8.71. The molecule has 6 heteroatoms. The van der Waals surface area contributed by atoms with Gasteiger partial charge in [0.25, 0.3) is 0 Å². The third kappa shape index (κ3) is 6.09. The van der Waals surface area contributed by atoms with Crippen molar-refractivity contribution < 1.29 is 23.5 Å². The van der Waals surface area contributed by atoms with E-state index >= 15 is 0 Å². The monoisotopic (exact) mass is 373 g/mol. The number of hydrogen-bond donors (Lipinski definition) is 0. The lowest BCUT2D eigenvalue weighted by Gasteiger charge is -2.18. The second-order valence-electron chi connectivity index (χ2n) is 6.25. The zero-order valence-corrected chi connectivity index (χ0v) is 15.8. The Morgan fingerprint density at radius 2 is 1.81 bits per heavy atom. The van der Waals surface area contributed by atoms with Gasteiger partial charge in [0.15, 0.2) is 17.3 Å². The lowest BCUT2D eigenvalue weighted by atomic mass is 10.1. The van der Waals surface area contributed by atoms with Crippen LogP contribution in [0.3, 0.4) is 0 Å². The van der Waals surface area contributed by atoms with Gasteiger partial charge in [-0.2, -0.15) is 0 Å². The standard InChI is InChI=1S/C21H24FNO4/c1-15(24)17-7-9-18(10-8-17)27-12-4-5-21(25)23(2)14-16-6-11-20(26-3)19(22)13-16/h6-11,13H,4-5,12,14H2,1-3H3. The molecule has 0 aliphatic carbocycles. The third-order valence-electron chi connectivity index (χ3n) is 4.13. The third-order valence-corrected chi connectivity index (χ3v) is 4.13. The van der Waals surface area contributed by atoms with Crippen LogP contribution in [0, 0.1) is 5.82 Å². The van der Waals surface area contributed by atoms with E-state index < -0.39 is 5.82 Å². The predicted octanol–water partition coefficient (Wildman–Crippen LogP) is 3.85. The van der Waals surface area contributed by atoms with E-state index in [0.717, 1.165) is 0 Å². The average Bonchev–Trinajstić information content (AvgIpc) is 2.65. The van der Waals surface area contributed by atoms with Crippen LogP contribution in [-0.2, 0) is 11.3 Å². The van der Waals surface area contributed by atoms with E-state index in [2.05, 4.69) is 0 Å². The molecule has 27 heavy (non-hydrogen) atoms. The van der Waals surface area contributed by atoms with Gasteiger partial charge >= 0.3 is 0 Å². The second-order valence-corrected chi connectivity index (χ2v) is 6.25. The Hall–Kier alpha value is -2.89. The number of ether oxygens (including phenoxy) is 2. The normalized spacial score (nSPS) is 10.4. The molecule has 0 saturated carbocycles. The summed E-state index contributed by atoms with van der Waals surface area (Å²) in [5.74, 6) is 0.365. The molecule has 0 N–H and O–H groups in total. The Balaban J connectivity index is 1.74. The molecular weight excluding hydrogens is 349 g/mol. The Kier molecular flexibility index (Phi) is 7.34. The summed E-state index contributed by atoms with van der Waals surface area (Å²) in [5.41, 5.74) is 1.33. The van der Waals surface area contributed by atoms with Crippen molar-refractivity contribution in [3.8, 4) is 11.5 Å². The first-order valence-corrected chi connectivity index (χ1v) is 8.71. The lowest BCUT2D eigenvalue weighted by Crippen LogP contribution is -2.26. The summed E-state index contributed by atoms with van der Waals surface area (Å²) in [5, 5.41) is 0. The van der Waals surface area contributed by atoms with Crippen LogP contribution in [0.5, 0.6) is 11.5 Å². The topological polar surface area (TPSA) is 55.8 Å². The average molecular weight is 373 g/mol. The van der Waals surface area contributed by atoms with Crippen LogP contribution in [0.1, 0.15) is 35.7 Å². The molecule has 0 aliphatic heterocycles. The molecule has 0 fully saturated rings. The van der Waals surface area contributed by atoms with Crippen molar-refractivity contribution in [2.24, 2.45) is 0 Å². The van der Waals surface area contributed by atoms with Crippen LogP contribution in [-0.4, -0.2) is 37.4 Å². The van der Waals surface area contributed by atoms with E-state index in [1.54, 1.807) is 48.3 Å². The number of methoxy groups -OCH3 is 1. The predicted molar refractivity (Wildman–Crippen MR) is 101 cm³/mol. The molecule has 2 rings (SSSR count). The van der Waals surface area contributed by atoms with Crippen LogP contribution in [0.2, 0.25) is 0 Å². The maximum atomic E-state index is 13.7. The summed E-state index contributed by atoms with van der Waals surface area (Å²) in [6, 6.07) is 11.6. The maximum absolute atomic E-state index is 13.7. The van der Waals surface area contributed by atoms with Gasteiger partial charge in [-0.15, -0.1) is 0 Å². The number of benzene rings is 2. The van der Waals surface area contributed by atoms with Crippen molar-refractivity contribution in [3.63, 3.8) is 0 Å². The fourth-order valence-corrected chi connectivity index (χ4v) is 2.56. The van der Waals surface area contributed by atoms with Crippen LogP contribution >= 0.6 is 0 Å². The van der Waals surface area contributed by atoms with Gasteiger partial charge in [0, 0.05) is 25.6 Å². The van der Waals surface area contributed by atoms with Crippen molar-refractivity contribution >= 4 is 11.7 Å². The van der Waals surface area contributed by atoms with Crippen LogP contribution in [0.4, 0.5) is 4.39 Å². The number of hydrogen-bond acceptors (Lipinski definition) is 4. The molecule has 0 saturated heterocycles. The highest BCUT2D eigenvalue weighted by Crippen LogP contribution is 2.19. The highest BCUT2D eigenvalue weighted by molar-refractivity contribution is 5.94. The van der Waals surface area contributed by atoms with Crippen molar-refractivity contribution in [1.82, 2.24) is 4.90 Å². The zero-order chi connectivity index (χ0) is 19.8. The molecule has 0 aromatic heterocycles. The molecule has 2 aromatic rings. The fraction of sp³-hybridized carbons (Fsp3) is 0.333. The van der Waals surface area contributed by atoms with Gasteiger partial charge in [-0.05, 0) is 55.3 Å². The molecule has 2 aromatic carbocycles. The number of rotatable bonds is 9. The van der Waals surface area contributed by atoms with Gasteiger partial charge in [-0.1, -0.05) is 6.07 Å².